The quantitative estimate of drug-likeness (QED) is 0.250. The molecule has 0 radical (unpaired) electrons. The zero-order valence-electron chi connectivity index (χ0n) is 21.2. The number of hydrogen-bond donors (Lipinski definition) is 2. The Bertz CT molecular complexity index is 1760. The summed E-state index contributed by atoms with van der Waals surface area (Å²) in [6.07, 6.45) is -5.80. The highest BCUT2D eigenvalue weighted by Gasteiger charge is 2.39. The molecule has 5 rings (SSSR count). The number of nitrogen functional groups attached to an aromatic ring is 1. The normalized spacial score (nSPS) is 17.2. The maximum absolute atomic E-state index is 15.1. The number of aromatic nitrogens is 3. The van der Waals surface area contributed by atoms with Crippen molar-refractivity contribution in [2.24, 2.45) is 0 Å². The van der Waals surface area contributed by atoms with E-state index in [0.717, 1.165) is 27.9 Å². The first-order chi connectivity index (χ1) is 19.7. The summed E-state index contributed by atoms with van der Waals surface area (Å²) in [5.41, 5.74) is 2.49. The minimum absolute atomic E-state index is 0.0784. The van der Waals surface area contributed by atoms with Gasteiger partial charge in [-0.25, -0.2) is 27.1 Å². The van der Waals surface area contributed by atoms with Crippen LogP contribution in [-0.2, 0) is 6.18 Å². The molecule has 0 aliphatic carbocycles. The van der Waals surface area contributed by atoms with Gasteiger partial charge < -0.3 is 16.0 Å². The van der Waals surface area contributed by atoms with Crippen LogP contribution in [-0.4, -0.2) is 56.6 Å². The summed E-state index contributed by atoms with van der Waals surface area (Å²) in [7, 11) is 0. The van der Waals surface area contributed by atoms with E-state index in [0.29, 0.717) is 18.2 Å². The Morgan fingerprint density at radius 3 is 2.40 bits per heavy atom. The number of aryl methyl sites for hydroxylation is 1. The number of amides is 2. The van der Waals surface area contributed by atoms with Crippen molar-refractivity contribution in [2.75, 3.05) is 18.8 Å². The Hall–Kier alpha value is -4.40. The van der Waals surface area contributed by atoms with Crippen molar-refractivity contribution in [3.63, 3.8) is 0 Å². The second kappa shape index (κ2) is 10.5. The van der Waals surface area contributed by atoms with E-state index < -0.39 is 87.2 Å². The third-order valence-electron chi connectivity index (χ3n) is 6.82. The SMILES string of the molecule is Cc1cc(F)c(-c2cc(C(F)(F)F)c3c(N)ncnn23)cc1C(=O)N[C@@H]1CN(C(=O)c2cc(F)c(F)cc2Cl)C[C@@H]1F. The fraction of sp³-hybridized carbons (Fsp3) is 0.231. The first kappa shape index (κ1) is 29.1. The van der Waals surface area contributed by atoms with Gasteiger partial charge in [0.25, 0.3) is 11.8 Å². The van der Waals surface area contributed by atoms with E-state index in [4.69, 9.17) is 17.3 Å². The zero-order chi connectivity index (χ0) is 30.7. The second-order valence-electron chi connectivity index (χ2n) is 9.55. The highest BCUT2D eigenvalue weighted by Crippen LogP contribution is 2.39. The number of benzene rings is 2. The first-order valence-electron chi connectivity index (χ1n) is 12.1. The molecule has 2 atom stereocenters. The van der Waals surface area contributed by atoms with Gasteiger partial charge in [-0.05, 0) is 42.8 Å². The number of anilines is 1. The Labute approximate surface area is 236 Å². The number of likely N-dealkylation sites (tertiary alicyclic amines) is 1. The lowest BCUT2D eigenvalue weighted by Crippen LogP contribution is -2.42. The molecule has 3 heterocycles. The standard InChI is InChI=1S/C26H18ClF7N6O2/c1-10-2-16(28)13(21-5-14(26(32,33)34)22-23(35)36-9-37-40(21)22)3-11(10)24(41)38-20-8-39(7-19(20)31)25(42)12-4-17(29)18(30)6-15(12)27/h2-6,9,19-20H,7-8H2,1H3,(H,38,41)(H2,35,36,37)/t19-,20+/m0/s1. The van der Waals surface area contributed by atoms with Crippen molar-refractivity contribution >= 4 is 34.7 Å². The zero-order valence-corrected chi connectivity index (χ0v) is 22.0. The molecule has 16 heteroatoms. The van der Waals surface area contributed by atoms with Crippen LogP contribution in [0.5, 0.6) is 0 Å². The fourth-order valence-electron chi connectivity index (χ4n) is 4.76. The Morgan fingerprint density at radius 2 is 1.71 bits per heavy atom. The van der Waals surface area contributed by atoms with Gasteiger partial charge >= 0.3 is 6.18 Å². The monoisotopic (exact) mass is 614 g/mol. The summed E-state index contributed by atoms with van der Waals surface area (Å²) in [5, 5.41) is 5.78. The van der Waals surface area contributed by atoms with E-state index in [9.17, 15) is 35.9 Å². The van der Waals surface area contributed by atoms with Crippen LogP contribution in [0.25, 0.3) is 16.8 Å². The van der Waals surface area contributed by atoms with Crippen molar-refractivity contribution in [3.05, 3.63) is 81.4 Å². The molecule has 0 unspecified atom stereocenters. The van der Waals surface area contributed by atoms with Crippen molar-refractivity contribution < 1.29 is 40.3 Å². The first-order valence-corrected chi connectivity index (χ1v) is 12.4. The molecule has 2 amide bonds. The minimum Gasteiger partial charge on any atom is -0.382 e. The van der Waals surface area contributed by atoms with Crippen molar-refractivity contribution in [3.8, 4) is 11.3 Å². The molecular formula is C26H18ClF7N6O2. The number of carbonyl (C=O) groups excluding carboxylic acids is 2. The lowest BCUT2D eigenvalue weighted by molar-refractivity contribution is -0.136. The molecule has 2 aromatic carbocycles. The molecule has 3 N–H and O–H groups in total. The number of carbonyl (C=O) groups is 2. The van der Waals surface area contributed by atoms with E-state index in [1.165, 1.54) is 6.92 Å². The molecule has 0 spiro atoms. The third-order valence-corrected chi connectivity index (χ3v) is 7.13. The molecular weight excluding hydrogens is 597 g/mol. The topological polar surface area (TPSA) is 106 Å². The Balaban J connectivity index is 1.44. The maximum atomic E-state index is 15.1. The van der Waals surface area contributed by atoms with E-state index in [1.54, 1.807) is 0 Å². The summed E-state index contributed by atoms with van der Waals surface area (Å²) in [4.78, 5) is 30.5. The van der Waals surface area contributed by atoms with Gasteiger partial charge in [0.2, 0.25) is 0 Å². The average molecular weight is 615 g/mol. The number of nitrogens with zero attached hydrogens (tertiary/aromatic N) is 4. The molecule has 0 bridgehead atoms. The lowest BCUT2D eigenvalue weighted by atomic mass is 10.0. The molecule has 220 valence electrons. The highest BCUT2D eigenvalue weighted by molar-refractivity contribution is 6.33. The number of hydrogen-bond acceptors (Lipinski definition) is 5. The number of nitrogens with two attached hydrogens (primary N) is 1. The third kappa shape index (κ3) is 5.08. The van der Waals surface area contributed by atoms with Gasteiger partial charge in [-0.1, -0.05) is 11.6 Å². The smallest absolute Gasteiger partial charge is 0.382 e. The Kier molecular flexibility index (Phi) is 7.25. The average Bonchev–Trinajstić information content (AvgIpc) is 3.47. The van der Waals surface area contributed by atoms with Crippen LogP contribution in [0, 0.1) is 24.4 Å². The van der Waals surface area contributed by atoms with E-state index >= 15 is 4.39 Å². The molecule has 1 fully saturated rings. The second-order valence-corrected chi connectivity index (χ2v) is 9.95. The van der Waals surface area contributed by atoms with Gasteiger partial charge in [0.1, 0.15) is 23.8 Å². The van der Waals surface area contributed by atoms with Crippen LogP contribution in [0.1, 0.15) is 31.8 Å². The predicted molar refractivity (Wildman–Crippen MR) is 136 cm³/mol. The van der Waals surface area contributed by atoms with Gasteiger partial charge in [0.05, 0.1) is 34.4 Å². The number of halogens is 8. The largest absolute Gasteiger partial charge is 0.418 e. The molecule has 1 saturated heterocycles. The van der Waals surface area contributed by atoms with Crippen LogP contribution in [0.3, 0.4) is 0 Å². The fourth-order valence-corrected chi connectivity index (χ4v) is 4.99. The van der Waals surface area contributed by atoms with E-state index in [1.807, 2.05) is 0 Å². The summed E-state index contributed by atoms with van der Waals surface area (Å²) in [6, 6.07) is 2.45. The number of fused-ring (bicyclic) bond motifs is 1. The molecule has 42 heavy (non-hydrogen) atoms. The molecule has 4 aromatic rings. The summed E-state index contributed by atoms with van der Waals surface area (Å²) in [5.74, 6) is -5.91. The molecule has 2 aromatic heterocycles. The summed E-state index contributed by atoms with van der Waals surface area (Å²) in [6.45, 7) is 0.481. The van der Waals surface area contributed by atoms with Crippen LogP contribution in [0.15, 0.2) is 36.7 Å². The van der Waals surface area contributed by atoms with Gasteiger partial charge in [-0.3, -0.25) is 9.59 Å². The van der Waals surface area contributed by atoms with Gasteiger partial charge in [0, 0.05) is 17.7 Å². The van der Waals surface area contributed by atoms with Crippen LogP contribution in [0.4, 0.5) is 36.6 Å². The number of alkyl halides is 4. The van der Waals surface area contributed by atoms with Crippen molar-refractivity contribution in [1.29, 1.82) is 0 Å². The highest BCUT2D eigenvalue weighted by atomic mass is 35.5. The maximum Gasteiger partial charge on any atom is 0.418 e. The van der Waals surface area contributed by atoms with Crippen LogP contribution < -0.4 is 11.1 Å². The molecule has 1 aliphatic heterocycles. The van der Waals surface area contributed by atoms with Crippen LogP contribution >= 0.6 is 11.6 Å². The molecule has 8 nitrogen and oxygen atoms in total. The van der Waals surface area contributed by atoms with Gasteiger partial charge in [0.15, 0.2) is 17.5 Å². The summed E-state index contributed by atoms with van der Waals surface area (Å²) < 4.78 is 99.0. The van der Waals surface area contributed by atoms with Crippen LogP contribution in [0.2, 0.25) is 5.02 Å². The van der Waals surface area contributed by atoms with Crippen molar-refractivity contribution in [1.82, 2.24) is 24.8 Å². The lowest BCUT2D eigenvalue weighted by Gasteiger charge is -2.18. The molecule has 1 aliphatic rings. The van der Waals surface area contributed by atoms with E-state index in [2.05, 4.69) is 15.4 Å². The summed E-state index contributed by atoms with van der Waals surface area (Å²) >= 11 is 5.85. The van der Waals surface area contributed by atoms with Gasteiger partial charge in [-0.2, -0.15) is 18.3 Å². The predicted octanol–water partition coefficient (Wildman–Crippen LogP) is 4.97. The number of rotatable bonds is 4. The van der Waals surface area contributed by atoms with E-state index in [-0.39, 0.29) is 23.4 Å². The minimum atomic E-state index is -4.89. The number of nitrogens with one attached hydrogen (secondary N) is 1. The van der Waals surface area contributed by atoms with Crippen molar-refractivity contribution in [2.45, 2.75) is 25.3 Å². The molecule has 0 saturated carbocycles. The Morgan fingerprint density at radius 1 is 1.02 bits per heavy atom. The van der Waals surface area contributed by atoms with Gasteiger partial charge in [-0.15, -0.1) is 0 Å².